The number of carbonyl (C=O) groups is 1. The Labute approximate surface area is 343 Å². The van der Waals surface area contributed by atoms with Crippen molar-refractivity contribution in [3.8, 4) is 0 Å². The maximum Gasteiger partial charge on any atom is 0.306 e. The first-order valence-electron chi connectivity index (χ1n) is 23.9. The molecule has 0 spiro atoms. The maximum atomic E-state index is 12.8. The van der Waals surface area contributed by atoms with Crippen molar-refractivity contribution in [2.75, 3.05) is 45.6 Å². The number of esters is 1. The van der Waals surface area contributed by atoms with E-state index in [1.165, 1.54) is 148 Å². The van der Waals surface area contributed by atoms with E-state index in [1.807, 2.05) is 0 Å². The second kappa shape index (κ2) is 41.4. The molecule has 0 unspecified atom stereocenters. The van der Waals surface area contributed by atoms with Gasteiger partial charge in [0.2, 0.25) is 10.0 Å². The van der Waals surface area contributed by atoms with Gasteiger partial charge in [0, 0.05) is 26.2 Å². The Bertz CT molecular complexity index is 889. The van der Waals surface area contributed by atoms with E-state index in [0.717, 1.165) is 96.9 Å². The normalized spacial score (nSPS) is 12.1. The third-order valence-corrected chi connectivity index (χ3v) is 12.0. The van der Waals surface area contributed by atoms with Gasteiger partial charge in [-0.15, -0.1) is 0 Å². The highest BCUT2D eigenvalue weighted by molar-refractivity contribution is 7.88. The second-order valence-electron chi connectivity index (χ2n) is 16.6. The van der Waals surface area contributed by atoms with Gasteiger partial charge in [-0.25, -0.2) is 8.42 Å². The molecule has 0 atom stereocenters. The number of hydrogen-bond acceptors (Lipinski definition) is 7. The van der Waals surface area contributed by atoms with Gasteiger partial charge >= 0.3 is 5.97 Å². The van der Waals surface area contributed by atoms with Gasteiger partial charge in [-0.2, -0.15) is 0 Å². The summed E-state index contributed by atoms with van der Waals surface area (Å²) in [5, 5.41) is 9.84. The van der Waals surface area contributed by atoms with Crippen molar-refractivity contribution in [2.24, 2.45) is 0 Å². The molecule has 0 amide bonds. The zero-order chi connectivity index (χ0) is 40.5. The molecule has 0 saturated heterocycles. The molecule has 9 heteroatoms. The highest BCUT2D eigenvalue weighted by atomic mass is 32.2. The summed E-state index contributed by atoms with van der Waals surface area (Å²) in [4.78, 5) is 15.2. The van der Waals surface area contributed by atoms with Gasteiger partial charge in [-0.05, 0) is 83.8 Å². The number of nitrogens with zero attached hydrogens (tertiary/aromatic N) is 2. The molecule has 0 aromatic heterocycles. The molecule has 0 heterocycles. The number of carbonyl (C=O) groups excluding carboxylic acids is 1. The number of rotatable bonds is 45. The van der Waals surface area contributed by atoms with Crippen LogP contribution in [0.3, 0.4) is 0 Å². The quantitative estimate of drug-likeness (QED) is 0.0372. The van der Waals surface area contributed by atoms with E-state index in [1.54, 1.807) is 0 Å². The van der Waals surface area contributed by atoms with E-state index in [4.69, 9.17) is 9.47 Å². The maximum absolute atomic E-state index is 12.8. The van der Waals surface area contributed by atoms with Crippen LogP contribution in [0.1, 0.15) is 239 Å². The van der Waals surface area contributed by atoms with E-state index < -0.39 is 10.0 Å². The zero-order valence-electron chi connectivity index (χ0n) is 37.2. The third kappa shape index (κ3) is 39.9. The molecule has 1 N–H and O–H groups in total. The van der Waals surface area contributed by atoms with Crippen LogP contribution in [0.15, 0.2) is 0 Å². The standard InChI is InChI=1S/C46H94N2O6S/c1-5-8-11-14-18-26-33-43-53-44-34-27-19-17-24-31-39-47(41-35-42-48(50)55(4,51)52)40-32-25-20-23-30-38-46(49)54-45(36-28-21-15-12-9-6-2)37-29-22-16-13-10-7-3/h45,50H,5-44H2,1-4H3. The van der Waals surface area contributed by atoms with Crippen LogP contribution in [0.4, 0.5) is 0 Å². The molecule has 0 radical (unpaired) electrons. The van der Waals surface area contributed by atoms with Crippen LogP contribution in [0.25, 0.3) is 0 Å². The topological polar surface area (TPSA) is 96.4 Å². The largest absolute Gasteiger partial charge is 0.462 e. The summed E-state index contributed by atoms with van der Waals surface area (Å²) in [6.45, 7) is 11.5. The predicted octanol–water partition coefficient (Wildman–Crippen LogP) is 13.2. The lowest BCUT2D eigenvalue weighted by atomic mass is 10.0. The van der Waals surface area contributed by atoms with Crippen molar-refractivity contribution in [2.45, 2.75) is 245 Å². The van der Waals surface area contributed by atoms with Gasteiger partial charge in [0.15, 0.2) is 0 Å². The van der Waals surface area contributed by atoms with Crippen LogP contribution < -0.4 is 0 Å². The zero-order valence-corrected chi connectivity index (χ0v) is 38.0. The van der Waals surface area contributed by atoms with Crippen molar-refractivity contribution >= 4 is 16.0 Å². The Kier molecular flexibility index (Phi) is 40.9. The molecule has 8 nitrogen and oxygen atoms in total. The number of ether oxygens (including phenoxy) is 2. The summed E-state index contributed by atoms with van der Waals surface area (Å²) in [5.41, 5.74) is 0. The van der Waals surface area contributed by atoms with Crippen LogP contribution in [-0.2, 0) is 24.3 Å². The molecule has 0 fully saturated rings. The minimum absolute atomic E-state index is 0.00713. The molecule has 0 aromatic rings. The van der Waals surface area contributed by atoms with Crippen LogP contribution in [0, 0.1) is 0 Å². The monoisotopic (exact) mass is 803 g/mol. The van der Waals surface area contributed by atoms with Gasteiger partial charge in [0.1, 0.15) is 6.10 Å². The van der Waals surface area contributed by atoms with Crippen molar-refractivity contribution in [3.05, 3.63) is 0 Å². The molecule has 55 heavy (non-hydrogen) atoms. The Morgan fingerprint density at radius 3 is 1.29 bits per heavy atom. The van der Waals surface area contributed by atoms with Crippen LogP contribution in [0.2, 0.25) is 0 Å². The molecule has 0 rings (SSSR count). The van der Waals surface area contributed by atoms with E-state index in [-0.39, 0.29) is 18.6 Å². The summed E-state index contributed by atoms with van der Waals surface area (Å²) < 4.78 is 35.6. The van der Waals surface area contributed by atoms with Crippen molar-refractivity contribution in [1.82, 2.24) is 9.37 Å². The molecule has 0 bridgehead atoms. The third-order valence-electron chi connectivity index (χ3n) is 11.0. The van der Waals surface area contributed by atoms with Crippen LogP contribution >= 0.6 is 0 Å². The first-order chi connectivity index (χ1) is 26.7. The Balaban J connectivity index is 4.31. The van der Waals surface area contributed by atoms with E-state index in [2.05, 4.69) is 25.7 Å². The first kappa shape index (κ1) is 54.3. The first-order valence-corrected chi connectivity index (χ1v) is 25.8. The lowest BCUT2D eigenvalue weighted by Gasteiger charge is -2.23. The smallest absolute Gasteiger partial charge is 0.306 e. The Hall–Kier alpha value is -0.740. The van der Waals surface area contributed by atoms with Gasteiger partial charge in [-0.1, -0.05) is 173 Å². The van der Waals surface area contributed by atoms with E-state index in [9.17, 15) is 18.4 Å². The minimum Gasteiger partial charge on any atom is -0.462 e. The highest BCUT2D eigenvalue weighted by Gasteiger charge is 2.15. The van der Waals surface area contributed by atoms with Gasteiger partial charge in [-0.3, -0.25) is 10.0 Å². The average molecular weight is 803 g/mol. The lowest BCUT2D eigenvalue weighted by molar-refractivity contribution is -0.150. The fourth-order valence-electron chi connectivity index (χ4n) is 7.39. The molecular weight excluding hydrogens is 709 g/mol. The number of sulfonamides is 1. The summed E-state index contributed by atoms with van der Waals surface area (Å²) >= 11 is 0. The van der Waals surface area contributed by atoms with Crippen LogP contribution in [0.5, 0.6) is 0 Å². The second-order valence-corrected chi connectivity index (χ2v) is 18.5. The predicted molar refractivity (Wildman–Crippen MR) is 234 cm³/mol. The summed E-state index contributed by atoms with van der Waals surface area (Å²) in [6.07, 6.45) is 41.3. The molecule has 0 aromatic carbocycles. The molecule has 0 aliphatic heterocycles. The van der Waals surface area contributed by atoms with Gasteiger partial charge < -0.3 is 14.4 Å². The summed E-state index contributed by atoms with van der Waals surface area (Å²) in [6, 6.07) is 0. The number of unbranched alkanes of at least 4 members (excludes halogenated alkanes) is 25. The van der Waals surface area contributed by atoms with E-state index in [0.29, 0.717) is 17.3 Å². The number of hydroxylamine groups is 1. The summed E-state index contributed by atoms with van der Waals surface area (Å²) in [7, 11) is -3.58. The molecular formula is C46H94N2O6S. The van der Waals surface area contributed by atoms with Crippen LogP contribution in [-0.4, -0.2) is 80.7 Å². The lowest BCUT2D eigenvalue weighted by Crippen LogP contribution is -2.32. The molecule has 0 saturated carbocycles. The molecule has 330 valence electrons. The SMILES string of the molecule is CCCCCCCCCOCCCCCCCCN(CCCCCCCC(=O)OC(CCCCCCCC)CCCCCCCC)CCCN(O)S(C)(=O)=O. The Morgan fingerprint density at radius 1 is 0.491 bits per heavy atom. The van der Waals surface area contributed by atoms with Gasteiger partial charge in [0.05, 0.1) is 6.26 Å². The molecule has 0 aliphatic rings. The fourth-order valence-corrected chi connectivity index (χ4v) is 7.85. The summed E-state index contributed by atoms with van der Waals surface area (Å²) in [5.74, 6) is -0.00713. The molecule has 0 aliphatic carbocycles. The number of hydrogen-bond donors (Lipinski definition) is 1. The fraction of sp³-hybridized carbons (Fsp3) is 0.978. The minimum atomic E-state index is -3.58. The van der Waals surface area contributed by atoms with Crippen molar-refractivity contribution in [1.29, 1.82) is 0 Å². The van der Waals surface area contributed by atoms with Crippen molar-refractivity contribution in [3.63, 3.8) is 0 Å². The highest BCUT2D eigenvalue weighted by Crippen LogP contribution is 2.19. The average Bonchev–Trinajstić information content (AvgIpc) is 3.16. The van der Waals surface area contributed by atoms with Gasteiger partial charge in [0.25, 0.3) is 0 Å². The Morgan fingerprint density at radius 2 is 0.855 bits per heavy atom. The van der Waals surface area contributed by atoms with Crippen molar-refractivity contribution < 1.29 is 27.9 Å². The van der Waals surface area contributed by atoms with E-state index >= 15 is 0 Å².